The van der Waals surface area contributed by atoms with Crippen molar-refractivity contribution >= 4 is 5.91 Å². The molecule has 1 saturated heterocycles. The van der Waals surface area contributed by atoms with Gasteiger partial charge in [0, 0.05) is 25.7 Å². The van der Waals surface area contributed by atoms with Gasteiger partial charge in [0.05, 0.1) is 20.6 Å². The summed E-state index contributed by atoms with van der Waals surface area (Å²) >= 11 is 0. The van der Waals surface area contributed by atoms with E-state index < -0.39 is 0 Å². The Morgan fingerprint density at radius 2 is 1.95 bits per heavy atom. The number of amides is 1. The number of nitrogens with zero attached hydrogens (tertiary/aromatic N) is 2. The van der Waals surface area contributed by atoms with Crippen molar-refractivity contribution in [3.63, 3.8) is 0 Å². The minimum absolute atomic E-state index is 0.169. The van der Waals surface area contributed by atoms with Gasteiger partial charge in [-0.05, 0) is 31.7 Å². The Morgan fingerprint density at radius 3 is 2.57 bits per heavy atom. The highest BCUT2D eigenvalue weighted by Crippen LogP contribution is 2.28. The molecule has 0 bridgehead atoms. The number of hydrogen-bond acceptors (Lipinski definition) is 4. The average Bonchev–Trinajstić information content (AvgIpc) is 2.46. The Bertz CT molecular complexity index is 504. The topological polar surface area (TPSA) is 42.0 Å². The number of benzene rings is 1. The number of ether oxygens (including phenoxy) is 2. The van der Waals surface area contributed by atoms with Crippen molar-refractivity contribution in [1.29, 1.82) is 0 Å². The minimum Gasteiger partial charge on any atom is -0.493 e. The molecule has 1 unspecified atom stereocenters. The van der Waals surface area contributed by atoms with Gasteiger partial charge < -0.3 is 19.3 Å². The molecule has 0 aliphatic carbocycles. The fourth-order valence-corrected chi connectivity index (χ4v) is 2.78. The van der Waals surface area contributed by atoms with Crippen molar-refractivity contribution in [1.82, 2.24) is 9.80 Å². The van der Waals surface area contributed by atoms with E-state index in [2.05, 4.69) is 18.9 Å². The maximum Gasteiger partial charge on any atom is 0.227 e. The third-order valence-electron chi connectivity index (χ3n) is 3.95. The second kappa shape index (κ2) is 6.80. The molecule has 1 aromatic rings. The second-order valence-electron chi connectivity index (χ2n) is 5.56. The Kier molecular flexibility index (Phi) is 5.07. The van der Waals surface area contributed by atoms with Gasteiger partial charge in [-0.15, -0.1) is 0 Å². The molecular weight excluding hydrogens is 268 g/mol. The highest BCUT2D eigenvalue weighted by atomic mass is 16.5. The van der Waals surface area contributed by atoms with Gasteiger partial charge in [-0.2, -0.15) is 0 Å². The Hall–Kier alpha value is -1.75. The van der Waals surface area contributed by atoms with Crippen LogP contribution in [0.3, 0.4) is 0 Å². The fourth-order valence-electron chi connectivity index (χ4n) is 2.78. The molecule has 1 heterocycles. The van der Waals surface area contributed by atoms with Crippen molar-refractivity contribution in [3.8, 4) is 11.5 Å². The number of hydrogen-bond donors (Lipinski definition) is 0. The summed E-state index contributed by atoms with van der Waals surface area (Å²) < 4.78 is 10.5. The van der Waals surface area contributed by atoms with Crippen LogP contribution in [0.2, 0.25) is 0 Å². The quantitative estimate of drug-likeness (QED) is 0.841. The van der Waals surface area contributed by atoms with Crippen molar-refractivity contribution in [2.45, 2.75) is 19.4 Å². The van der Waals surface area contributed by atoms with Gasteiger partial charge in [0.15, 0.2) is 11.5 Å². The molecule has 0 saturated carbocycles. The van der Waals surface area contributed by atoms with E-state index in [9.17, 15) is 4.79 Å². The molecule has 5 nitrogen and oxygen atoms in total. The summed E-state index contributed by atoms with van der Waals surface area (Å²) in [6.07, 6.45) is 0.397. The first-order valence-electron chi connectivity index (χ1n) is 7.24. The highest BCUT2D eigenvalue weighted by Gasteiger charge is 2.25. The summed E-state index contributed by atoms with van der Waals surface area (Å²) in [5.41, 5.74) is 0.948. The van der Waals surface area contributed by atoms with Crippen molar-refractivity contribution < 1.29 is 14.3 Å². The van der Waals surface area contributed by atoms with Gasteiger partial charge in [0.25, 0.3) is 0 Å². The van der Waals surface area contributed by atoms with Crippen LogP contribution in [-0.4, -0.2) is 62.7 Å². The lowest BCUT2D eigenvalue weighted by atomic mass is 10.1. The molecule has 0 radical (unpaired) electrons. The Morgan fingerprint density at radius 1 is 1.24 bits per heavy atom. The van der Waals surface area contributed by atoms with Crippen LogP contribution in [0.1, 0.15) is 12.5 Å². The molecule has 1 aromatic carbocycles. The third-order valence-corrected chi connectivity index (χ3v) is 3.95. The summed E-state index contributed by atoms with van der Waals surface area (Å²) in [4.78, 5) is 16.7. The van der Waals surface area contributed by atoms with E-state index in [4.69, 9.17) is 9.47 Å². The molecule has 1 aliphatic rings. The van der Waals surface area contributed by atoms with E-state index in [1.54, 1.807) is 14.2 Å². The number of rotatable bonds is 4. The number of methoxy groups -OCH3 is 2. The molecule has 21 heavy (non-hydrogen) atoms. The summed E-state index contributed by atoms with van der Waals surface area (Å²) in [7, 11) is 5.30. The van der Waals surface area contributed by atoms with Crippen LogP contribution in [0.4, 0.5) is 0 Å². The highest BCUT2D eigenvalue weighted by molar-refractivity contribution is 5.79. The monoisotopic (exact) mass is 292 g/mol. The molecule has 1 fully saturated rings. The van der Waals surface area contributed by atoms with E-state index in [0.29, 0.717) is 17.9 Å². The van der Waals surface area contributed by atoms with Gasteiger partial charge in [0.2, 0.25) is 5.91 Å². The fraction of sp³-hybridized carbons (Fsp3) is 0.562. The molecule has 2 rings (SSSR count). The lowest BCUT2D eigenvalue weighted by molar-refractivity contribution is -0.134. The zero-order valence-electron chi connectivity index (χ0n) is 13.3. The first-order valence-corrected chi connectivity index (χ1v) is 7.24. The van der Waals surface area contributed by atoms with E-state index in [0.717, 1.165) is 25.2 Å². The molecule has 0 N–H and O–H groups in total. The summed E-state index contributed by atoms with van der Waals surface area (Å²) in [6, 6.07) is 5.89. The number of likely N-dealkylation sites (N-methyl/N-ethyl adjacent to an activating group) is 1. The number of piperazine rings is 1. The van der Waals surface area contributed by atoms with Gasteiger partial charge in [-0.1, -0.05) is 6.07 Å². The van der Waals surface area contributed by atoms with Crippen LogP contribution in [0.5, 0.6) is 11.5 Å². The van der Waals surface area contributed by atoms with Gasteiger partial charge in [-0.3, -0.25) is 4.79 Å². The summed E-state index contributed by atoms with van der Waals surface area (Å²) in [5, 5.41) is 0. The van der Waals surface area contributed by atoms with Crippen LogP contribution in [-0.2, 0) is 11.2 Å². The van der Waals surface area contributed by atoms with E-state index in [-0.39, 0.29) is 11.9 Å². The normalized spacial score (nSPS) is 19.4. The first kappa shape index (κ1) is 15.6. The van der Waals surface area contributed by atoms with Crippen LogP contribution in [0.15, 0.2) is 18.2 Å². The summed E-state index contributed by atoms with van der Waals surface area (Å²) in [6.45, 7) is 4.76. The van der Waals surface area contributed by atoms with E-state index in [1.807, 2.05) is 23.1 Å². The number of carbonyl (C=O) groups excluding carboxylic acids is 1. The zero-order valence-corrected chi connectivity index (χ0v) is 13.3. The smallest absolute Gasteiger partial charge is 0.227 e. The molecule has 5 heteroatoms. The largest absolute Gasteiger partial charge is 0.493 e. The maximum absolute atomic E-state index is 12.5. The third kappa shape index (κ3) is 3.67. The Balaban J connectivity index is 2.05. The predicted molar refractivity (Wildman–Crippen MR) is 81.9 cm³/mol. The van der Waals surface area contributed by atoms with E-state index in [1.165, 1.54) is 0 Å². The van der Waals surface area contributed by atoms with Crippen molar-refractivity contribution in [2.75, 3.05) is 40.9 Å². The minimum atomic E-state index is 0.169. The first-order chi connectivity index (χ1) is 10.0. The van der Waals surface area contributed by atoms with Gasteiger partial charge in [0.1, 0.15) is 0 Å². The lowest BCUT2D eigenvalue weighted by Crippen LogP contribution is -2.53. The molecule has 1 amide bonds. The van der Waals surface area contributed by atoms with Crippen LogP contribution in [0, 0.1) is 0 Å². The average molecular weight is 292 g/mol. The predicted octanol–water partition coefficient (Wildman–Crippen LogP) is 1.41. The molecule has 1 aliphatic heterocycles. The summed E-state index contributed by atoms with van der Waals surface area (Å²) in [5.74, 6) is 1.51. The number of carbonyl (C=O) groups is 1. The molecular formula is C16H24N2O3. The molecule has 0 spiro atoms. The van der Waals surface area contributed by atoms with Gasteiger partial charge in [-0.25, -0.2) is 0 Å². The second-order valence-corrected chi connectivity index (χ2v) is 5.56. The molecule has 116 valence electrons. The molecule has 1 atom stereocenters. The molecule has 0 aromatic heterocycles. The van der Waals surface area contributed by atoms with Crippen LogP contribution < -0.4 is 9.47 Å². The SMILES string of the molecule is COc1ccc(CC(=O)N2CCN(C)CC2C)cc1OC. The maximum atomic E-state index is 12.5. The van der Waals surface area contributed by atoms with Crippen molar-refractivity contribution in [2.24, 2.45) is 0 Å². The van der Waals surface area contributed by atoms with Crippen molar-refractivity contribution in [3.05, 3.63) is 23.8 Å². The zero-order chi connectivity index (χ0) is 15.4. The van der Waals surface area contributed by atoms with Crippen LogP contribution in [0.25, 0.3) is 0 Å². The van der Waals surface area contributed by atoms with Gasteiger partial charge >= 0.3 is 0 Å². The standard InChI is InChI=1S/C16H24N2O3/c1-12-11-17(2)7-8-18(12)16(19)10-13-5-6-14(20-3)15(9-13)21-4/h5-6,9,12H,7-8,10-11H2,1-4H3. The van der Waals surface area contributed by atoms with E-state index >= 15 is 0 Å². The van der Waals surface area contributed by atoms with Crippen LogP contribution >= 0.6 is 0 Å². The Labute approximate surface area is 126 Å². The lowest BCUT2D eigenvalue weighted by Gasteiger charge is -2.38.